The molecule has 2 N–H and O–H groups in total. The maximum Gasteiger partial charge on any atom is 0.186 e. The van der Waals surface area contributed by atoms with E-state index in [1.54, 1.807) is 6.21 Å². The Kier molecular flexibility index (Phi) is 9.94. The summed E-state index contributed by atoms with van der Waals surface area (Å²) in [5.41, 5.74) is 4.95. The zero-order valence-electron chi connectivity index (χ0n) is 17.1. The molecule has 2 aromatic carbocycles. The third kappa shape index (κ3) is 8.03. The van der Waals surface area contributed by atoms with Crippen molar-refractivity contribution in [1.82, 2.24) is 10.7 Å². The molecule has 0 bridgehead atoms. The number of nitrogens with zero attached hydrogens (tertiary/aromatic N) is 1. The van der Waals surface area contributed by atoms with E-state index in [-0.39, 0.29) is 0 Å². The maximum absolute atomic E-state index is 5.88. The minimum absolute atomic E-state index is 0.429. The Hall–Kier alpha value is -2.12. The number of thiocarbonyl (C=S) groups is 1. The molecule has 0 aromatic heterocycles. The molecule has 2 rings (SSSR count). The molecular formula is C22H28BrN3O2S. The zero-order chi connectivity index (χ0) is 21.1. The van der Waals surface area contributed by atoms with Crippen molar-refractivity contribution in [2.24, 2.45) is 5.10 Å². The van der Waals surface area contributed by atoms with Crippen LogP contribution in [0.2, 0.25) is 0 Å². The second kappa shape index (κ2) is 12.4. The molecule has 1 atom stereocenters. The van der Waals surface area contributed by atoms with Crippen molar-refractivity contribution in [1.29, 1.82) is 0 Å². The fourth-order valence-electron chi connectivity index (χ4n) is 2.55. The quantitative estimate of drug-likeness (QED) is 0.212. The number of benzene rings is 2. The van der Waals surface area contributed by atoms with Crippen molar-refractivity contribution in [2.75, 3.05) is 19.8 Å². The van der Waals surface area contributed by atoms with Gasteiger partial charge in [-0.05, 0) is 67.4 Å². The van der Waals surface area contributed by atoms with Crippen LogP contribution in [-0.2, 0) is 0 Å². The molecule has 0 aliphatic carbocycles. The minimum atomic E-state index is 0.429. The summed E-state index contributed by atoms with van der Waals surface area (Å²) >= 11 is 8.57. The smallest absolute Gasteiger partial charge is 0.186 e. The predicted molar refractivity (Wildman–Crippen MR) is 127 cm³/mol. The highest BCUT2D eigenvalue weighted by atomic mass is 79.9. The van der Waals surface area contributed by atoms with Crippen LogP contribution < -0.4 is 20.2 Å². The number of hydrogen-bond acceptors (Lipinski definition) is 4. The van der Waals surface area contributed by atoms with E-state index >= 15 is 0 Å². The van der Waals surface area contributed by atoms with Crippen molar-refractivity contribution in [3.63, 3.8) is 0 Å². The van der Waals surface area contributed by atoms with Gasteiger partial charge in [-0.15, -0.1) is 0 Å². The fourth-order valence-corrected chi connectivity index (χ4v) is 3.13. The molecule has 0 amide bonds. The highest BCUT2D eigenvalue weighted by Crippen LogP contribution is 2.23. The molecule has 0 aliphatic heterocycles. The molecule has 29 heavy (non-hydrogen) atoms. The van der Waals surface area contributed by atoms with Gasteiger partial charge in [-0.25, -0.2) is 0 Å². The summed E-state index contributed by atoms with van der Waals surface area (Å²) in [7, 11) is 0. The number of nitrogens with one attached hydrogen (secondary N) is 2. The molecule has 0 heterocycles. The van der Waals surface area contributed by atoms with Crippen LogP contribution in [0.1, 0.15) is 44.2 Å². The van der Waals surface area contributed by atoms with E-state index in [9.17, 15) is 0 Å². The first-order valence-electron chi connectivity index (χ1n) is 9.75. The fraction of sp³-hybridized carbons (Fsp3) is 0.364. The van der Waals surface area contributed by atoms with Gasteiger partial charge in [0.1, 0.15) is 24.7 Å². The second-order valence-corrected chi connectivity index (χ2v) is 7.81. The highest BCUT2D eigenvalue weighted by molar-refractivity contribution is 9.10. The lowest BCUT2D eigenvalue weighted by molar-refractivity contribution is 0.217. The van der Waals surface area contributed by atoms with Crippen LogP contribution in [0.3, 0.4) is 0 Å². The van der Waals surface area contributed by atoms with Gasteiger partial charge >= 0.3 is 0 Å². The van der Waals surface area contributed by atoms with E-state index in [0.717, 1.165) is 34.5 Å². The first kappa shape index (κ1) is 23.2. The summed E-state index contributed by atoms with van der Waals surface area (Å²) in [6.07, 6.45) is 2.81. The van der Waals surface area contributed by atoms with Crippen LogP contribution in [-0.4, -0.2) is 31.1 Å². The Morgan fingerprint density at radius 3 is 2.55 bits per heavy atom. The Morgan fingerprint density at radius 1 is 1.14 bits per heavy atom. The number of hydrogen-bond donors (Lipinski definition) is 2. The van der Waals surface area contributed by atoms with Gasteiger partial charge in [0.05, 0.1) is 6.21 Å². The number of ether oxygens (including phenoxy) is 2. The number of hydrazone groups is 1. The molecule has 2 aromatic rings. The van der Waals surface area contributed by atoms with Gasteiger partial charge in [0, 0.05) is 16.6 Å². The number of halogens is 1. The Balaban J connectivity index is 1.87. The van der Waals surface area contributed by atoms with Gasteiger partial charge < -0.3 is 14.8 Å². The largest absolute Gasteiger partial charge is 0.490 e. The monoisotopic (exact) mass is 477 g/mol. The lowest BCUT2D eigenvalue weighted by atomic mass is 9.99. The molecule has 5 nitrogen and oxygen atoms in total. The predicted octanol–water partition coefficient (Wildman–Crippen LogP) is 5.24. The molecule has 156 valence electrons. The van der Waals surface area contributed by atoms with Crippen molar-refractivity contribution >= 4 is 39.5 Å². The van der Waals surface area contributed by atoms with Crippen LogP contribution >= 0.6 is 28.1 Å². The van der Waals surface area contributed by atoms with Crippen molar-refractivity contribution < 1.29 is 9.47 Å². The van der Waals surface area contributed by atoms with Crippen LogP contribution in [0.25, 0.3) is 0 Å². The van der Waals surface area contributed by atoms with Gasteiger partial charge in [-0.3, -0.25) is 5.43 Å². The molecule has 0 spiro atoms. The normalized spacial score (nSPS) is 11.9. The summed E-state index contributed by atoms with van der Waals surface area (Å²) in [5, 5.41) is 7.61. The minimum Gasteiger partial charge on any atom is -0.490 e. The summed E-state index contributed by atoms with van der Waals surface area (Å²) in [6.45, 7) is 8.02. The van der Waals surface area contributed by atoms with E-state index in [1.165, 1.54) is 5.56 Å². The Morgan fingerprint density at radius 2 is 1.86 bits per heavy atom. The first-order valence-corrected chi connectivity index (χ1v) is 11.0. The van der Waals surface area contributed by atoms with Crippen LogP contribution in [0.4, 0.5) is 0 Å². The molecule has 0 aliphatic rings. The van der Waals surface area contributed by atoms with E-state index < -0.39 is 0 Å². The number of rotatable bonds is 10. The zero-order valence-corrected chi connectivity index (χ0v) is 19.5. The summed E-state index contributed by atoms with van der Waals surface area (Å²) in [4.78, 5) is 0. The lowest BCUT2D eigenvalue weighted by Crippen LogP contribution is -2.31. The van der Waals surface area contributed by atoms with E-state index in [2.05, 4.69) is 57.8 Å². The molecule has 7 heteroatoms. The van der Waals surface area contributed by atoms with Crippen LogP contribution in [0, 0.1) is 0 Å². The standard InChI is InChI=1S/C22H28BrN3O2S/c1-4-16(3)17-6-9-20(10-7-17)27-12-13-28-21-11-8-19(23)14-18(21)15-25-26-22(29)24-5-2/h6-11,14-16H,4-5,12-13H2,1-3H3,(H2,24,26,29)/b25-15+. The molecule has 0 saturated carbocycles. The van der Waals surface area contributed by atoms with Gasteiger partial charge in [0.25, 0.3) is 0 Å². The van der Waals surface area contributed by atoms with Crippen LogP contribution in [0.5, 0.6) is 11.5 Å². The third-order valence-corrected chi connectivity index (χ3v) is 5.08. The van der Waals surface area contributed by atoms with Gasteiger partial charge in [0.15, 0.2) is 5.11 Å². The molecule has 0 saturated heterocycles. The SMILES string of the molecule is CCNC(=S)N/N=C/c1cc(Br)ccc1OCCOc1ccc(C(C)CC)cc1. The Labute approximate surface area is 187 Å². The molecule has 0 fully saturated rings. The average Bonchev–Trinajstić information content (AvgIpc) is 2.72. The lowest BCUT2D eigenvalue weighted by Gasteiger charge is -2.12. The van der Waals surface area contributed by atoms with Gasteiger partial charge in [-0.2, -0.15) is 5.10 Å². The van der Waals surface area contributed by atoms with Crippen LogP contribution in [0.15, 0.2) is 52.0 Å². The van der Waals surface area contributed by atoms with E-state index in [4.69, 9.17) is 21.7 Å². The molecule has 0 radical (unpaired) electrons. The van der Waals surface area contributed by atoms with Crippen molar-refractivity contribution in [3.8, 4) is 11.5 Å². The van der Waals surface area contributed by atoms with E-state index in [1.807, 2.05) is 37.3 Å². The van der Waals surface area contributed by atoms with Gasteiger partial charge in [0.2, 0.25) is 0 Å². The molecule has 1 unspecified atom stereocenters. The summed E-state index contributed by atoms with van der Waals surface area (Å²) in [5.74, 6) is 2.13. The topological polar surface area (TPSA) is 54.9 Å². The van der Waals surface area contributed by atoms with Gasteiger partial charge in [-0.1, -0.05) is 41.9 Å². The highest BCUT2D eigenvalue weighted by Gasteiger charge is 2.05. The van der Waals surface area contributed by atoms with Crippen molar-refractivity contribution in [2.45, 2.75) is 33.1 Å². The molecular weight excluding hydrogens is 450 g/mol. The van der Waals surface area contributed by atoms with E-state index in [0.29, 0.717) is 24.2 Å². The average molecular weight is 478 g/mol. The van der Waals surface area contributed by atoms with Crippen molar-refractivity contribution in [3.05, 3.63) is 58.1 Å². The Bertz CT molecular complexity index is 812. The summed E-state index contributed by atoms with van der Waals surface area (Å²) in [6, 6.07) is 14.0. The maximum atomic E-state index is 5.88. The third-order valence-electron chi connectivity index (χ3n) is 4.35. The second-order valence-electron chi connectivity index (χ2n) is 6.49. The summed E-state index contributed by atoms with van der Waals surface area (Å²) < 4.78 is 12.6. The first-order chi connectivity index (χ1) is 14.0.